The molecule has 1 aliphatic carbocycles. The Hall–Kier alpha value is -3.96. The minimum atomic E-state index is -3.67. The average molecular weight is 562 g/mol. The van der Waals surface area contributed by atoms with E-state index in [1.54, 1.807) is 12.3 Å². The van der Waals surface area contributed by atoms with E-state index < -0.39 is 21.6 Å². The topological polar surface area (TPSA) is 125 Å². The van der Waals surface area contributed by atoms with Gasteiger partial charge < -0.3 is 15.3 Å². The summed E-state index contributed by atoms with van der Waals surface area (Å²) in [6.07, 6.45) is 5.23. The molecule has 6 rings (SSSR count). The van der Waals surface area contributed by atoms with Gasteiger partial charge in [0, 0.05) is 41.9 Å². The van der Waals surface area contributed by atoms with Crippen LogP contribution in [0.5, 0.6) is 0 Å². The zero-order chi connectivity index (χ0) is 28.1. The van der Waals surface area contributed by atoms with Crippen molar-refractivity contribution >= 4 is 32.5 Å². The number of hydrogen-bond acceptors (Lipinski definition) is 8. The van der Waals surface area contributed by atoms with E-state index in [1.807, 2.05) is 30.3 Å². The van der Waals surface area contributed by atoms with Crippen LogP contribution in [0.15, 0.2) is 65.7 Å². The number of benzene rings is 1. The van der Waals surface area contributed by atoms with Crippen LogP contribution in [0.1, 0.15) is 35.3 Å². The Labute approximate surface area is 231 Å². The number of nitrogens with one attached hydrogen (secondary N) is 1. The Morgan fingerprint density at radius 3 is 2.70 bits per heavy atom. The zero-order valence-electron chi connectivity index (χ0n) is 21.8. The molecule has 206 valence electrons. The van der Waals surface area contributed by atoms with Crippen molar-refractivity contribution in [3.05, 3.63) is 77.9 Å². The third-order valence-electron chi connectivity index (χ3n) is 7.72. The molecule has 1 saturated carbocycles. The Balaban J connectivity index is 1.20. The molecule has 0 unspecified atom stereocenters. The van der Waals surface area contributed by atoms with Crippen molar-refractivity contribution in [3.8, 4) is 11.4 Å². The van der Waals surface area contributed by atoms with Crippen molar-refractivity contribution in [2.75, 3.05) is 24.2 Å². The standard InChI is InChI=1S/C29H28FN5O4S/c1-40(38,39)22-12-19(11-20(30)13-22)28(37)32-16-21-14-25-18(15-31-21)5-6-24(33-25)23-3-2-4-27(34-23)35-10-7-26(36)29(17-35)8-9-29/h2-6,11-15,26,36H,7-10,16-17H2,1H3,(H,32,37)/t26-/m0/s1. The quantitative estimate of drug-likeness (QED) is 0.366. The van der Waals surface area contributed by atoms with Gasteiger partial charge >= 0.3 is 0 Å². The highest BCUT2D eigenvalue weighted by molar-refractivity contribution is 7.90. The number of carbonyl (C=O) groups is 1. The number of halogens is 1. The number of aromatic nitrogens is 3. The molecular formula is C29H28FN5O4S. The molecule has 11 heteroatoms. The molecule has 0 bridgehead atoms. The molecule has 1 spiro atoms. The van der Waals surface area contributed by atoms with E-state index in [1.165, 1.54) is 0 Å². The van der Waals surface area contributed by atoms with Crippen LogP contribution in [0, 0.1) is 11.2 Å². The summed E-state index contributed by atoms with van der Waals surface area (Å²) in [5, 5.41) is 13.9. The molecule has 4 heterocycles. The highest BCUT2D eigenvalue weighted by Crippen LogP contribution is 2.52. The van der Waals surface area contributed by atoms with Crippen molar-refractivity contribution in [1.29, 1.82) is 0 Å². The molecule has 2 N–H and O–H groups in total. The monoisotopic (exact) mass is 561 g/mol. The third kappa shape index (κ3) is 5.26. The van der Waals surface area contributed by atoms with E-state index in [9.17, 15) is 22.7 Å². The smallest absolute Gasteiger partial charge is 0.251 e. The third-order valence-corrected chi connectivity index (χ3v) is 8.81. The molecular weight excluding hydrogens is 533 g/mol. The maximum absolute atomic E-state index is 13.9. The number of rotatable bonds is 6. The molecule has 1 saturated heterocycles. The molecule has 1 amide bonds. The lowest BCUT2D eigenvalue weighted by molar-refractivity contribution is 0.0734. The van der Waals surface area contributed by atoms with Crippen LogP contribution < -0.4 is 10.2 Å². The van der Waals surface area contributed by atoms with Crippen molar-refractivity contribution in [2.45, 2.75) is 36.8 Å². The van der Waals surface area contributed by atoms with Crippen LogP contribution in [-0.4, -0.2) is 59.8 Å². The normalized spacial score (nSPS) is 18.2. The summed E-state index contributed by atoms with van der Waals surface area (Å²) in [6, 6.07) is 14.4. The number of aliphatic hydroxyl groups is 1. The Kier molecular flexibility index (Phi) is 6.50. The second-order valence-corrected chi connectivity index (χ2v) is 12.7. The number of fused-ring (bicyclic) bond motifs is 1. The lowest BCUT2D eigenvalue weighted by Crippen LogP contribution is -2.45. The molecule has 2 fully saturated rings. The number of piperidine rings is 1. The van der Waals surface area contributed by atoms with Crippen molar-refractivity contribution in [2.24, 2.45) is 5.41 Å². The summed E-state index contributed by atoms with van der Waals surface area (Å²) in [4.78, 5) is 28.7. The van der Waals surface area contributed by atoms with Crippen LogP contribution in [0.2, 0.25) is 0 Å². The van der Waals surface area contributed by atoms with Gasteiger partial charge in [0.25, 0.3) is 5.91 Å². The first-order chi connectivity index (χ1) is 19.1. The van der Waals surface area contributed by atoms with E-state index >= 15 is 0 Å². The number of anilines is 1. The van der Waals surface area contributed by atoms with E-state index in [0.29, 0.717) is 16.9 Å². The van der Waals surface area contributed by atoms with E-state index in [2.05, 4.69) is 15.2 Å². The summed E-state index contributed by atoms with van der Waals surface area (Å²) in [7, 11) is -3.67. The zero-order valence-corrected chi connectivity index (χ0v) is 22.7. The maximum Gasteiger partial charge on any atom is 0.251 e. The van der Waals surface area contributed by atoms with Gasteiger partial charge in [-0.1, -0.05) is 6.07 Å². The van der Waals surface area contributed by atoms with Gasteiger partial charge in [0.15, 0.2) is 9.84 Å². The van der Waals surface area contributed by atoms with Crippen LogP contribution in [0.25, 0.3) is 22.3 Å². The first kappa shape index (κ1) is 26.3. The molecule has 1 atom stereocenters. The van der Waals surface area contributed by atoms with E-state index in [4.69, 9.17) is 9.97 Å². The predicted molar refractivity (Wildman–Crippen MR) is 148 cm³/mol. The Morgan fingerprint density at radius 2 is 1.93 bits per heavy atom. The van der Waals surface area contributed by atoms with Crippen LogP contribution in [-0.2, 0) is 16.4 Å². The van der Waals surface area contributed by atoms with Gasteiger partial charge in [0.05, 0.1) is 40.1 Å². The second kappa shape index (κ2) is 9.90. The fraction of sp³-hybridized carbons (Fsp3) is 0.310. The second-order valence-electron chi connectivity index (χ2n) is 10.7. The minimum Gasteiger partial charge on any atom is -0.392 e. The predicted octanol–water partition coefficient (Wildman–Crippen LogP) is 3.52. The Morgan fingerprint density at radius 1 is 1.12 bits per heavy atom. The summed E-state index contributed by atoms with van der Waals surface area (Å²) in [5.41, 5.74) is 2.56. The summed E-state index contributed by atoms with van der Waals surface area (Å²) in [6.45, 7) is 1.61. The molecule has 40 heavy (non-hydrogen) atoms. The van der Waals surface area contributed by atoms with Crippen LogP contribution >= 0.6 is 0 Å². The van der Waals surface area contributed by atoms with E-state index in [-0.39, 0.29) is 28.5 Å². The molecule has 4 aromatic rings. The molecule has 2 aliphatic rings. The van der Waals surface area contributed by atoms with Gasteiger partial charge in [-0.05, 0) is 67.8 Å². The van der Waals surface area contributed by atoms with Crippen molar-refractivity contribution in [1.82, 2.24) is 20.3 Å². The number of pyridine rings is 3. The average Bonchev–Trinajstić information content (AvgIpc) is 3.72. The Bertz CT molecular complexity index is 1740. The largest absolute Gasteiger partial charge is 0.392 e. The minimum absolute atomic E-state index is 0.0145. The van der Waals surface area contributed by atoms with Crippen molar-refractivity contribution < 1.29 is 22.7 Å². The summed E-state index contributed by atoms with van der Waals surface area (Å²) >= 11 is 0. The molecule has 1 aliphatic heterocycles. The molecule has 9 nitrogen and oxygen atoms in total. The fourth-order valence-corrected chi connectivity index (χ4v) is 5.88. The van der Waals surface area contributed by atoms with Gasteiger partial charge in [0.1, 0.15) is 11.6 Å². The number of aliphatic hydroxyl groups excluding tert-OH is 1. The summed E-state index contributed by atoms with van der Waals surface area (Å²) in [5.74, 6) is -0.560. The number of carbonyl (C=O) groups excluding carboxylic acids is 1. The van der Waals surface area contributed by atoms with Gasteiger partial charge in [-0.3, -0.25) is 9.78 Å². The van der Waals surface area contributed by atoms with Gasteiger partial charge in [0.2, 0.25) is 0 Å². The highest BCUT2D eigenvalue weighted by Gasteiger charge is 2.52. The summed E-state index contributed by atoms with van der Waals surface area (Å²) < 4.78 is 37.5. The first-order valence-corrected chi connectivity index (χ1v) is 14.9. The van der Waals surface area contributed by atoms with Crippen molar-refractivity contribution in [3.63, 3.8) is 0 Å². The number of sulfone groups is 1. The maximum atomic E-state index is 13.9. The lowest BCUT2D eigenvalue weighted by Gasteiger charge is -2.37. The molecule has 3 aromatic heterocycles. The van der Waals surface area contributed by atoms with Gasteiger partial charge in [-0.25, -0.2) is 22.8 Å². The number of amides is 1. The van der Waals surface area contributed by atoms with E-state index in [0.717, 1.165) is 73.7 Å². The van der Waals surface area contributed by atoms with Crippen LogP contribution in [0.4, 0.5) is 10.2 Å². The molecule has 1 aromatic carbocycles. The SMILES string of the molecule is CS(=O)(=O)c1cc(F)cc(C(=O)NCc2cc3nc(-c4cccc(N5CC[C@H](O)C6(CC6)C5)n4)ccc3cn2)c1. The fourth-order valence-electron chi connectivity index (χ4n) is 5.22. The lowest BCUT2D eigenvalue weighted by atomic mass is 9.91. The molecule has 0 radical (unpaired) electrons. The number of hydrogen-bond donors (Lipinski definition) is 2. The van der Waals surface area contributed by atoms with Gasteiger partial charge in [-0.15, -0.1) is 0 Å². The van der Waals surface area contributed by atoms with Crippen LogP contribution in [0.3, 0.4) is 0 Å². The highest BCUT2D eigenvalue weighted by atomic mass is 32.2. The number of nitrogens with zero attached hydrogens (tertiary/aromatic N) is 4. The first-order valence-electron chi connectivity index (χ1n) is 13.0. The van der Waals surface area contributed by atoms with Gasteiger partial charge in [-0.2, -0.15) is 0 Å².